The molecular formula is C39H50O6. The van der Waals surface area contributed by atoms with Crippen LogP contribution < -0.4 is 0 Å². The number of esters is 3. The van der Waals surface area contributed by atoms with E-state index in [-0.39, 0.29) is 40.9 Å². The van der Waals surface area contributed by atoms with Gasteiger partial charge >= 0.3 is 17.9 Å². The molecule has 2 aromatic carbocycles. The largest absolute Gasteiger partial charge is 0.469 e. The van der Waals surface area contributed by atoms with Gasteiger partial charge < -0.3 is 14.2 Å². The highest BCUT2D eigenvalue weighted by atomic mass is 16.5. The van der Waals surface area contributed by atoms with Crippen LogP contribution in [0, 0.1) is 46.3 Å². The monoisotopic (exact) mass is 614 g/mol. The third kappa shape index (κ3) is 5.94. The molecule has 0 heterocycles. The first-order valence-corrected chi connectivity index (χ1v) is 17.2. The lowest BCUT2D eigenvalue weighted by molar-refractivity contribution is -0.176. The number of carbonyl (C=O) groups is 3. The normalized spacial score (nSPS) is 36.0. The van der Waals surface area contributed by atoms with Crippen LogP contribution in [0.1, 0.15) is 106 Å². The summed E-state index contributed by atoms with van der Waals surface area (Å²) >= 11 is 0. The summed E-state index contributed by atoms with van der Waals surface area (Å²) in [6.45, 7) is 7.16. The zero-order valence-electron chi connectivity index (χ0n) is 27.4. The zero-order chi connectivity index (χ0) is 31.8. The van der Waals surface area contributed by atoms with Crippen LogP contribution in [-0.2, 0) is 19.0 Å². The van der Waals surface area contributed by atoms with Gasteiger partial charge in [-0.3, -0.25) is 4.79 Å². The minimum absolute atomic E-state index is 0.0561. The standard InChI is InChI=1S/C39H50O6/c1-25(15-20-35(40)43-4)31-18-19-32-30-17-16-28-23-29(44-36(41)26-11-7-5-8-12-26)21-22-38(28,2)33(30)24-34(39(31,32)3)45-37(42)27-13-9-6-10-14-27/h5-14,25,28-34H,15-24H2,1-4H3/t25-,28+,29+,30-,31+,32-,33-,34-,38-,39+/m0/s1. The number of benzene rings is 2. The van der Waals surface area contributed by atoms with Gasteiger partial charge in [0, 0.05) is 11.8 Å². The molecule has 0 radical (unpaired) electrons. The molecule has 0 bridgehead atoms. The van der Waals surface area contributed by atoms with Gasteiger partial charge in [0.1, 0.15) is 12.2 Å². The molecule has 0 amide bonds. The summed E-state index contributed by atoms with van der Waals surface area (Å²) in [5.74, 6) is 2.08. The Hall–Kier alpha value is -3.15. The van der Waals surface area contributed by atoms with E-state index in [0.29, 0.717) is 53.1 Å². The van der Waals surface area contributed by atoms with Crippen LogP contribution >= 0.6 is 0 Å². The molecule has 4 aliphatic rings. The molecule has 0 spiro atoms. The number of hydrogen-bond donors (Lipinski definition) is 0. The van der Waals surface area contributed by atoms with Crippen LogP contribution in [0.5, 0.6) is 0 Å². The van der Waals surface area contributed by atoms with E-state index in [1.807, 2.05) is 60.7 Å². The van der Waals surface area contributed by atoms with Gasteiger partial charge in [-0.1, -0.05) is 57.2 Å². The highest BCUT2D eigenvalue weighted by Gasteiger charge is 2.65. The maximum Gasteiger partial charge on any atom is 0.338 e. The molecule has 0 unspecified atom stereocenters. The van der Waals surface area contributed by atoms with E-state index in [0.717, 1.165) is 51.4 Å². The van der Waals surface area contributed by atoms with Gasteiger partial charge in [0.2, 0.25) is 0 Å². The summed E-state index contributed by atoms with van der Waals surface area (Å²) in [4.78, 5) is 38.6. The molecule has 2 aromatic rings. The Morgan fingerprint density at radius 3 is 2.09 bits per heavy atom. The van der Waals surface area contributed by atoms with Crippen molar-refractivity contribution in [1.29, 1.82) is 0 Å². The van der Waals surface area contributed by atoms with Gasteiger partial charge in [-0.2, -0.15) is 0 Å². The van der Waals surface area contributed by atoms with Gasteiger partial charge in [-0.15, -0.1) is 0 Å². The topological polar surface area (TPSA) is 78.9 Å². The van der Waals surface area contributed by atoms with E-state index in [1.165, 1.54) is 13.5 Å². The smallest absolute Gasteiger partial charge is 0.338 e. The van der Waals surface area contributed by atoms with Crippen LogP contribution in [0.25, 0.3) is 0 Å². The average molecular weight is 615 g/mol. The second-order valence-electron chi connectivity index (χ2n) is 15.0. The number of fused-ring (bicyclic) bond motifs is 5. The lowest BCUT2D eigenvalue weighted by Crippen LogP contribution is -2.59. The van der Waals surface area contributed by atoms with E-state index >= 15 is 0 Å². The van der Waals surface area contributed by atoms with E-state index in [1.54, 1.807) is 0 Å². The second-order valence-corrected chi connectivity index (χ2v) is 15.0. The number of methoxy groups -OCH3 is 1. The van der Waals surface area contributed by atoms with Crippen molar-refractivity contribution in [3.63, 3.8) is 0 Å². The van der Waals surface area contributed by atoms with Crippen LogP contribution in [0.3, 0.4) is 0 Å². The number of carbonyl (C=O) groups excluding carboxylic acids is 3. The summed E-state index contributed by atoms with van der Waals surface area (Å²) in [6, 6.07) is 18.7. The first-order chi connectivity index (χ1) is 21.6. The molecule has 0 aromatic heterocycles. The fourth-order valence-electron chi connectivity index (χ4n) is 10.6. The molecule has 6 heteroatoms. The molecule has 4 saturated carbocycles. The second kappa shape index (κ2) is 12.9. The predicted molar refractivity (Wildman–Crippen MR) is 172 cm³/mol. The van der Waals surface area contributed by atoms with Gasteiger partial charge in [0.15, 0.2) is 0 Å². The molecule has 0 aliphatic heterocycles. The third-order valence-electron chi connectivity index (χ3n) is 13.0. The zero-order valence-corrected chi connectivity index (χ0v) is 27.4. The molecule has 10 atom stereocenters. The summed E-state index contributed by atoms with van der Waals surface area (Å²) in [7, 11) is 1.46. The van der Waals surface area contributed by atoms with Gasteiger partial charge in [0.05, 0.1) is 18.2 Å². The Morgan fingerprint density at radius 1 is 0.800 bits per heavy atom. The van der Waals surface area contributed by atoms with Crippen molar-refractivity contribution >= 4 is 17.9 Å². The van der Waals surface area contributed by atoms with Crippen LogP contribution in [-0.4, -0.2) is 37.2 Å². The number of ether oxygens (including phenoxy) is 3. The fraction of sp³-hybridized carbons (Fsp3) is 0.615. The third-order valence-corrected chi connectivity index (χ3v) is 13.0. The van der Waals surface area contributed by atoms with Crippen molar-refractivity contribution in [2.45, 2.75) is 97.2 Å². The Balaban J connectivity index is 1.24. The SMILES string of the molecule is COC(=O)CC[C@H](C)[C@H]1CC[C@H]2[C@@H]3CC[C@@H]4C[C@H](OC(=O)c5ccccc5)CC[C@]4(C)[C@H]3C[C@H](OC(=O)c3ccccc3)[C@]12C. The Kier molecular flexibility index (Phi) is 9.14. The van der Waals surface area contributed by atoms with E-state index in [2.05, 4.69) is 20.8 Å². The fourth-order valence-corrected chi connectivity index (χ4v) is 10.6. The average Bonchev–Trinajstić information content (AvgIpc) is 3.43. The van der Waals surface area contributed by atoms with E-state index < -0.39 is 0 Å². The Bertz CT molecular complexity index is 1360. The van der Waals surface area contributed by atoms with Crippen molar-refractivity contribution in [3.05, 3.63) is 71.8 Å². The van der Waals surface area contributed by atoms with Crippen molar-refractivity contribution < 1.29 is 28.6 Å². The summed E-state index contributed by atoms with van der Waals surface area (Å²) in [6.07, 6.45) is 9.21. The first-order valence-electron chi connectivity index (χ1n) is 17.2. The first kappa shape index (κ1) is 31.8. The maximum atomic E-state index is 13.6. The van der Waals surface area contributed by atoms with Crippen molar-refractivity contribution in [2.24, 2.45) is 46.3 Å². The van der Waals surface area contributed by atoms with Gasteiger partial charge in [-0.25, -0.2) is 9.59 Å². The minimum Gasteiger partial charge on any atom is -0.469 e. The minimum atomic E-state index is -0.235. The Labute approximate surface area is 268 Å². The summed E-state index contributed by atoms with van der Waals surface area (Å²) in [5.41, 5.74) is 1.18. The van der Waals surface area contributed by atoms with Crippen LogP contribution in [0.4, 0.5) is 0 Å². The van der Waals surface area contributed by atoms with E-state index in [9.17, 15) is 14.4 Å². The molecule has 45 heavy (non-hydrogen) atoms. The van der Waals surface area contributed by atoms with Gasteiger partial charge in [-0.05, 0) is 123 Å². The molecule has 242 valence electrons. The number of rotatable bonds is 8. The van der Waals surface area contributed by atoms with Crippen LogP contribution in [0.15, 0.2) is 60.7 Å². The van der Waals surface area contributed by atoms with E-state index in [4.69, 9.17) is 14.2 Å². The maximum absolute atomic E-state index is 13.6. The van der Waals surface area contributed by atoms with Crippen molar-refractivity contribution in [1.82, 2.24) is 0 Å². The van der Waals surface area contributed by atoms with Crippen molar-refractivity contribution in [3.8, 4) is 0 Å². The summed E-state index contributed by atoms with van der Waals surface area (Å²) < 4.78 is 17.6. The highest BCUT2D eigenvalue weighted by molar-refractivity contribution is 5.90. The molecule has 0 saturated heterocycles. The molecule has 6 nitrogen and oxygen atoms in total. The molecular weight excluding hydrogens is 564 g/mol. The molecule has 4 aliphatic carbocycles. The lowest BCUT2D eigenvalue weighted by atomic mass is 9.43. The lowest BCUT2D eigenvalue weighted by Gasteiger charge is -2.62. The molecule has 0 N–H and O–H groups in total. The molecule has 4 fully saturated rings. The highest BCUT2D eigenvalue weighted by Crippen LogP contribution is 2.69. The summed E-state index contributed by atoms with van der Waals surface area (Å²) in [5, 5.41) is 0. The molecule has 6 rings (SSSR count). The van der Waals surface area contributed by atoms with Crippen molar-refractivity contribution in [2.75, 3.05) is 7.11 Å². The Morgan fingerprint density at radius 2 is 1.44 bits per heavy atom. The van der Waals surface area contributed by atoms with Gasteiger partial charge in [0.25, 0.3) is 0 Å². The predicted octanol–water partition coefficient (Wildman–Crippen LogP) is 8.30. The number of hydrogen-bond acceptors (Lipinski definition) is 6. The van der Waals surface area contributed by atoms with Crippen LogP contribution in [0.2, 0.25) is 0 Å². The quantitative estimate of drug-likeness (QED) is 0.220.